The summed E-state index contributed by atoms with van der Waals surface area (Å²) in [6.45, 7) is 4.06. The van der Waals surface area contributed by atoms with Gasteiger partial charge in [0.2, 0.25) is 11.9 Å². The Bertz CT molecular complexity index is 1110. The van der Waals surface area contributed by atoms with Crippen molar-refractivity contribution >= 4 is 23.5 Å². The summed E-state index contributed by atoms with van der Waals surface area (Å²) in [7, 11) is 0. The molecule has 1 aliphatic heterocycles. The zero-order valence-electron chi connectivity index (χ0n) is 17.3. The van der Waals surface area contributed by atoms with Gasteiger partial charge in [-0.25, -0.2) is 4.68 Å². The first kappa shape index (κ1) is 20.4. The van der Waals surface area contributed by atoms with Gasteiger partial charge in [0.25, 0.3) is 5.91 Å². The van der Waals surface area contributed by atoms with Gasteiger partial charge in [0.1, 0.15) is 6.33 Å². The third kappa shape index (κ3) is 4.50. The Morgan fingerprint density at radius 2 is 2.06 bits per heavy atom. The number of nitrogens with zero attached hydrogens (tertiary/aromatic N) is 3. The van der Waals surface area contributed by atoms with Crippen molar-refractivity contribution in [2.75, 3.05) is 23.8 Å². The van der Waals surface area contributed by atoms with Crippen LogP contribution in [0.15, 0.2) is 48.8 Å². The highest BCUT2D eigenvalue weighted by Gasteiger charge is 2.28. The van der Waals surface area contributed by atoms with Gasteiger partial charge in [-0.1, -0.05) is 24.3 Å². The lowest BCUT2D eigenvalue weighted by Gasteiger charge is -2.24. The number of hydrogen-bond donors (Lipinski definition) is 2. The minimum atomic E-state index is -0.302. The first-order valence-electron chi connectivity index (χ1n) is 9.99. The van der Waals surface area contributed by atoms with Gasteiger partial charge in [0.15, 0.2) is 18.1 Å². The van der Waals surface area contributed by atoms with Crippen LogP contribution >= 0.6 is 0 Å². The van der Waals surface area contributed by atoms with Gasteiger partial charge in [0, 0.05) is 5.69 Å². The number of nitrogens with one attached hydrogen (secondary N) is 2. The number of benzene rings is 2. The summed E-state index contributed by atoms with van der Waals surface area (Å²) in [6.07, 6.45) is 1.64. The van der Waals surface area contributed by atoms with E-state index in [9.17, 15) is 9.59 Å². The van der Waals surface area contributed by atoms with Crippen LogP contribution in [0.3, 0.4) is 0 Å². The zero-order valence-corrected chi connectivity index (χ0v) is 17.3. The molecule has 0 bridgehead atoms. The number of ether oxygens (including phenoxy) is 2. The van der Waals surface area contributed by atoms with Crippen molar-refractivity contribution in [2.24, 2.45) is 0 Å². The lowest BCUT2D eigenvalue weighted by Crippen LogP contribution is -2.29. The van der Waals surface area contributed by atoms with E-state index >= 15 is 0 Å². The highest BCUT2D eigenvalue weighted by Crippen LogP contribution is 2.35. The third-order valence-corrected chi connectivity index (χ3v) is 4.93. The van der Waals surface area contributed by atoms with Crippen LogP contribution in [-0.2, 0) is 9.59 Å². The summed E-state index contributed by atoms with van der Waals surface area (Å²) < 4.78 is 13.1. The fourth-order valence-corrected chi connectivity index (χ4v) is 3.43. The number of hydrogen-bond acceptors (Lipinski definition) is 6. The van der Waals surface area contributed by atoms with Crippen LogP contribution < -0.4 is 20.1 Å². The van der Waals surface area contributed by atoms with Crippen LogP contribution in [0, 0.1) is 6.92 Å². The van der Waals surface area contributed by atoms with E-state index in [-0.39, 0.29) is 30.9 Å². The maximum atomic E-state index is 12.3. The van der Waals surface area contributed by atoms with E-state index in [0.717, 1.165) is 16.8 Å². The van der Waals surface area contributed by atoms with Crippen molar-refractivity contribution in [3.8, 4) is 11.5 Å². The molecule has 2 amide bonds. The van der Waals surface area contributed by atoms with Crippen molar-refractivity contribution in [3.05, 3.63) is 59.9 Å². The van der Waals surface area contributed by atoms with Crippen molar-refractivity contribution in [3.63, 3.8) is 0 Å². The van der Waals surface area contributed by atoms with Crippen LogP contribution in [0.2, 0.25) is 0 Å². The average molecular weight is 421 g/mol. The van der Waals surface area contributed by atoms with Crippen molar-refractivity contribution in [1.82, 2.24) is 14.8 Å². The van der Waals surface area contributed by atoms with E-state index in [1.807, 2.05) is 50.2 Å². The maximum Gasteiger partial charge on any atom is 0.262 e. The number of carbonyl (C=O) groups excluding carboxylic acids is 2. The lowest BCUT2D eigenvalue weighted by atomic mass is 10.0. The van der Waals surface area contributed by atoms with E-state index in [1.54, 1.807) is 10.7 Å². The number of fused-ring (bicyclic) bond motifs is 1. The number of aromatic nitrogens is 3. The Morgan fingerprint density at radius 1 is 1.23 bits per heavy atom. The smallest absolute Gasteiger partial charge is 0.262 e. The molecule has 0 saturated carbocycles. The molecule has 3 aromatic rings. The Kier molecular flexibility index (Phi) is 5.83. The van der Waals surface area contributed by atoms with Gasteiger partial charge in [-0.3, -0.25) is 14.9 Å². The molecular formula is C22H23N5O4. The summed E-state index contributed by atoms with van der Waals surface area (Å²) in [4.78, 5) is 28.4. The Hall–Kier alpha value is -3.88. The zero-order chi connectivity index (χ0) is 21.8. The standard InChI is InChI=1S/C22H23N5O4/c1-3-30-19-10-15(17-11-20(28)26-22-23-13-24-27(17)22)8-9-18(19)31-12-21(29)25-16-7-5-4-6-14(16)2/h4-10,13,17H,3,11-12H2,1-2H3,(H,25,29)(H,23,24,26,28)/t17-/m1/s1. The van der Waals surface area contributed by atoms with Crippen LogP contribution in [0.5, 0.6) is 11.5 Å². The Morgan fingerprint density at radius 3 is 2.87 bits per heavy atom. The Labute approximate surface area is 179 Å². The van der Waals surface area contributed by atoms with Crippen molar-refractivity contribution in [2.45, 2.75) is 26.3 Å². The van der Waals surface area contributed by atoms with Crippen LogP contribution in [-0.4, -0.2) is 39.8 Å². The second kappa shape index (κ2) is 8.86. The molecule has 2 aromatic carbocycles. The lowest BCUT2D eigenvalue weighted by molar-refractivity contribution is -0.118. The fraction of sp³-hybridized carbons (Fsp3) is 0.273. The molecule has 0 spiro atoms. The molecule has 0 fully saturated rings. The van der Waals surface area contributed by atoms with Crippen LogP contribution in [0.1, 0.15) is 30.5 Å². The maximum absolute atomic E-state index is 12.3. The number of carbonyl (C=O) groups is 2. The summed E-state index contributed by atoms with van der Waals surface area (Å²) in [5.74, 6) is 0.960. The molecule has 0 saturated heterocycles. The molecule has 0 aliphatic carbocycles. The third-order valence-electron chi connectivity index (χ3n) is 4.93. The SMILES string of the molecule is CCOc1cc([C@H]2CC(=O)Nc3ncnn32)ccc1OCC(=O)Nc1ccccc1C. The second-order valence-corrected chi connectivity index (χ2v) is 7.09. The normalized spacial score (nSPS) is 15.0. The van der Waals surface area contributed by atoms with Crippen LogP contribution in [0.4, 0.5) is 11.6 Å². The molecule has 1 aromatic heterocycles. The predicted octanol–water partition coefficient (Wildman–Crippen LogP) is 2.93. The topological polar surface area (TPSA) is 107 Å². The molecular weight excluding hydrogens is 398 g/mol. The van der Waals surface area contributed by atoms with E-state index in [2.05, 4.69) is 20.7 Å². The number of aryl methyl sites for hydroxylation is 1. The molecule has 9 nitrogen and oxygen atoms in total. The molecule has 0 radical (unpaired) electrons. The van der Waals surface area contributed by atoms with Crippen molar-refractivity contribution in [1.29, 1.82) is 0 Å². The molecule has 0 unspecified atom stereocenters. The van der Waals surface area contributed by atoms with E-state index in [1.165, 1.54) is 6.33 Å². The van der Waals surface area contributed by atoms with E-state index in [4.69, 9.17) is 9.47 Å². The van der Waals surface area contributed by atoms with Gasteiger partial charge >= 0.3 is 0 Å². The molecule has 2 N–H and O–H groups in total. The molecule has 1 atom stereocenters. The first-order chi connectivity index (χ1) is 15.0. The molecule has 1 aliphatic rings. The highest BCUT2D eigenvalue weighted by atomic mass is 16.5. The number of amides is 2. The minimum Gasteiger partial charge on any atom is -0.490 e. The summed E-state index contributed by atoms with van der Waals surface area (Å²) in [6, 6.07) is 12.6. The molecule has 9 heteroatoms. The van der Waals surface area contributed by atoms with Gasteiger partial charge in [0.05, 0.1) is 19.1 Å². The van der Waals surface area contributed by atoms with Crippen LogP contribution in [0.25, 0.3) is 0 Å². The van der Waals surface area contributed by atoms with E-state index in [0.29, 0.717) is 24.1 Å². The van der Waals surface area contributed by atoms with Gasteiger partial charge in [-0.05, 0) is 43.2 Å². The molecule has 4 rings (SSSR count). The van der Waals surface area contributed by atoms with Crippen molar-refractivity contribution < 1.29 is 19.1 Å². The number of para-hydroxylation sites is 1. The number of rotatable bonds is 7. The first-order valence-corrected chi connectivity index (χ1v) is 9.99. The molecule has 160 valence electrons. The van der Waals surface area contributed by atoms with Gasteiger partial charge < -0.3 is 14.8 Å². The predicted molar refractivity (Wildman–Crippen MR) is 114 cm³/mol. The largest absolute Gasteiger partial charge is 0.490 e. The summed E-state index contributed by atoms with van der Waals surface area (Å²) in [5.41, 5.74) is 2.55. The molecule has 31 heavy (non-hydrogen) atoms. The van der Waals surface area contributed by atoms with Gasteiger partial charge in [-0.15, -0.1) is 0 Å². The van der Waals surface area contributed by atoms with Gasteiger partial charge in [-0.2, -0.15) is 10.1 Å². The van der Waals surface area contributed by atoms with E-state index < -0.39 is 0 Å². The fourth-order valence-electron chi connectivity index (χ4n) is 3.43. The quantitative estimate of drug-likeness (QED) is 0.607. The Balaban J connectivity index is 1.50. The average Bonchev–Trinajstić information content (AvgIpc) is 3.22. The number of anilines is 2. The highest BCUT2D eigenvalue weighted by molar-refractivity contribution is 5.92. The summed E-state index contributed by atoms with van der Waals surface area (Å²) in [5, 5.41) is 9.76. The monoisotopic (exact) mass is 421 g/mol. The summed E-state index contributed by atoms with van der Waals surface area (Å²) >= 11 is 0. The minimum absolute atomic E-state index is 0.128. The second-order valence-electron chi connectivity index (χ2n) is 7.09. The molecule has 2 heterocycles.